The fourth-order valence-corrected chi connectivity index (χ4v) is 4.82. The van der Waals surface area contributed by atoms with Crippen molar-refractivity contribution in [3.63, 3.8) is 0 Å². The zero-order chi connectivity index (χ0) is 29.2. The number of amides is 4. The van der Waals surface area contributed by atoms with Gasteiger partial charge in [0, 0.05) is 19.4 Å². The molecule has 4 amide bonds. The third-order valence-corrected chi connectivity index (χ3v) is 7.30. The summed E-state index contributed by atoms with van der Waals surface area (Å²) in [4.78, 5) is 62.9. The summed E-state index contributed by atoms with van der Waals surface area (Å²) in [5.41, 5.74) is 6.11. The van der Waals surface area contributed by atoms with Crippen LogP contribution in [0.5, 0.6) is 0 Å². The molecule has 0 aliphatic carbocycles. The number of carboxylic acids is 1. The fourth-order valence-electron chi connectivity index (χ4n) is 4.82. The highest BCUT2D eigenvalue weighted by atomic mass is 16.4. The zero-order valence-corrected chi connectivity index (χ0v) is 23.0. The van der Waals surface area contributed by atoms with Crippen molar-refractivity contribution in [1.29, 1.82) is 0 Å². The summed E-state index contributed by atoms with van der Waals surface area (Å²) in [7, 11) is 0. The maximum atomic E-state index is 13.2. The highest BCUT2D eigenvalue weighted by molar-refractivity contribution is 5.91. The number of benzene rings is 2. The number of fused-ring (bicyclic) bond motifs is 1. The Bertz CT molecular complexity index is 1230. The molecule has 1 aliphatic heterocycles. The Morgan fingerprint density at radius 2 is 1.85 bits per heavy atom. The van der Waals surface area contributed by atoms with E-state index in [4.69, 9.17) is 5.73 Å². The number of hydrogen-bond acceptors (Lipinski definition) is 6. The van der Waals surface area contributed by atoms with Crippen LogP contribution in [0.25, 0.3) is 10.8 Å². The molecule has 40 heavy (non-hydrogen) atoms. The van der Waals surface area contributed by atoms with Gasteiger partial charge < -0.3 is 26.8 Å². The number of nitrogens with one attached hydrogen (secondary N) is 3. The molecular formula is C29H39N5O6. The van der Waals surface area contributed by atoms with Crippen LogP contribution in [-0.4, -0.2) is 64.4 Å². The maximum Gasteiger partial charge on any atom is 0.326 e. The average molecular weight is 554 g/mol. The molecule has 11 nitrogen and oxygen atoms in total. The number of rotatable bonds is 15. The summed E-state index contributed by atoms with van der Waals surface area (Å²) in [5.74, 6) is -2.79. The van der Waals surface area contributed by atoms with Crippen LogP contribution in [0.15, 0.2) is 42.5 Å². The molecule has 11 heteroatoms. The van der Waals surface area contributed by atoms with Crippen molar-refractivity contribution in [3.05, 3.63) is 48.0 Å². The first-order chi connectivity index (χ1) is 19.1. The minimum Gasteiger partial charge on any atom is -0.480 e. The third-order valence-electron chi connectivity index (χ3n) is 7.30. The molecule has 1 aliphatic rings. The van der Waals surface area contributed by atoms with Crippen molar-refractivity contribution >= 4 is 40.4 Å². The van der Waals surface area contributed by atoms with Crippen molar-refractivity contribution in [2.45, 2.75) is 77.2 Å². The standard InChI is InChI=1S/C29H39N5O6/c1-3-18(2)15-25(33-28(38)22-12-14-26(36)31-22)34(16-20-9-6-8-19-7-4-5-10-21(19)20)17-27(37)32-23(29(39)40)11-13-24(30)35/h4-10,18,22-23,25H,3,11-17H2,1-2H3,(H2,30,35)(H,31,36)(H,32,37)(H,33,38)(H,39,40)/t18-,22-,23-,25?/m0/s1. The predicted octanol–water partition coefficient (Wildman–Crippen LogP) is 1.63. The minimum absolute atomic E-state index is 0.131. The largest absolute Gasteiger partial charge is 0.480 e. The van der Waals surface area contributed by atoms with E-state index in [1.54, 1.807) is 0 Å². The van der Waals surface area contributed by atoms with Crippen LogP contribution < -0.4 is 21.7 Å². The predicted molar refractivity (Wildman–Crippen MR) is 150 cm³/mol. The molecule has 6 N–H and O–H groups in total. The molecule has 4 atom stereocenters. The molecule has 0 radical (unpaired) electrons. The molecule has 3 rings (SSSR count). The second-order valence-corrected chi connectivity index (χ2v) is 10.4. The van der Waals surface area contributed by atoms with E-state index in [0.717, 1.165) is 22.8 Å². The van der Waals surface area contributed by atoms with E-state index in [0.29, 0.717) is 19.4 Å². The van der Waals surface area contributed by atoms with E-state index in [1.165, 1.54) is 0 Å². The van der Waals surface area contributed by atoms with Gasteiger partial charge in [-0.25, -0.2) is 4.79 Å². The van der Waals surface area contributed by atoms with Gasteiger partial charge in [-0.15, -0.1) is 0 Å². The van der Waals surface area contributed by atoms with Crippen LogP contribution in [0.1, 0.15) is 57.9 Å². The molecule has 216 valence electrons. The normalized spacial score (nSPS) is 17.2. The lowest BCUT2D eigenvalue weighted by molar-refractivity contribution is -0.142. The number of nitrogens with two attached hydrogens (primary N) is 1. The first-order valence-electron chi connectivity index (χ1n) is 13.7. The number of hydrogen-bond donors (Lipinski definition) is 5. The van der Waals surface area contributed by atoms with E-state index < -0.39 is 36.0 Å². The van der Waals surface area contributed by atoms with E-state index >= 15 is 0 Å². The van der Waals surface area contributed by atoms with Gasteiger partial charge in [0.1, 0.15) is 12.1 Å². The molecule has 0 bridgehead atoms. The Morgan fingerprint density at radius 1 is 1.12 bits per heavy atom. The molecule has 1 unspecified atom stereocenters. The highest BCUT2D eigenvalue weighted by Crippen LogP contribution is 2.23. The number of carboxylic acid groups (broad SMARTS) is 1. The number of primary amides is 1. The van der Waals surface area contributed by atoms with Crippen LogP contribution in [0.4, 0.5) is 0 Å². The summed E-state index contributed by atoms with van der Waals surface area (Å²) in [6.45, 7) is 4.18. The minimum atomic E-state index is -1.28. The van der Waals surface area contributed by atoms with Crippen molar-refractivity contribution < 1.29 is 29.1 Å². The molecule has 0 saturated carbocycles. The molecule has 1 saturated heterocycles. The topological polar surface area (TPSA) is 171 Å². The van der Waals surface area contributed by atoms with Crippen molar-refractivity contribution in [2.75, 3.05) is 6.54 Å². The molecule has 0 spiro atoms. The summed E-state index contributed by atoms with van der Waals surface area (Å²) >= 11 is 0. The average Bonchev–Trinajstić information content (AvgIpc) is 3.36. The van der Waals surface area contributed by atoms with Crippen LogP contribution in [-0.2, 0) is 30.5 Å². The zero-order valence-electron chi connectivity index (χ0n) is 23.0. The van der Waals surface area contributed by atoms with Gasteiger partial charge in [-0.2, -0.15) is 0 Å². The Hall–Kier alpha value is -3.99. The van der Waals surface area contributed by atoms with Crippen molar-refractivity contribution in [2.24, 2.45) is 11.7 Å². The lowest BCUT2D eigenvalue weighted by atomic mass is 10.00. The Balaban J connectivity index is 1.90. The second-order valence-electron chi connectivity index (χ2n) is 10.4. The van der Waals surface area contributed by atoms with E-state index in [9.17, 15) is 29.1 Å². The smallest absolute Gasteiger partial charge is 0.326 e. The van der Waals surface area contributed by atoms with Crippen molar-refractivity contribution in [3.8, 4) is 0 Å². The molecular weight excluding hydrogens is 514 g/mol. The van der Waals surface area contributed by atoms with Gasteiger partial charge in [0.2, 0.25) is 23.6 Å². The van der Waals surface area contributed by atoms with Crippen LogP contribution >= 0.6 is 0 Å². The number of nitrogens with zero attached hydrogens (tertiary/aromatic N) is 1. The summed E-state index contributed by atoms with van der Waals surface area (Å²) in [6, 6.07) is 11.8. The van der Waals surface area contributed by atoms with Crippen LogP contribution in [0.3, 0.4) is 0 Å². The van der Waals surface area contributed by atoms with Gasteiger partial charge in [-0.05, 0) is 41.5 Å². The lowest BCUT2D eigenvalue weighted by Gasteiger charge is -2.34. The Labute approximate surface area is 233 Å². The molecule has 1 heterocycles. The van der Waals surface area contributed by atoms with Crippen LogP contribution in [0.2, 0.25) is 0 Å². The second kappa shape index (κ2) is 14.4. The summed E-state index contributed by atoms with van der Waals surface area (Å²) < 4.78 is 0. The van der Waals surface area contributed by atoms with Gasteiger partial charge in [-0.1, -0.05) is 62.7 Å². The SMILES string of the molecule is CC[C@H](C)CC(NC(=O)[C@@H]1CCC(=O)N1)N(CC(=O)N[C@@H](CCC(N)=O)C(=O)O)Cc1cccc2ccccc12. The van der Waals surface area contributed by atoms with E-state index in [1.807, 2.05) is 54.3 Å². The Kier molecular flexibility index (Phi) is 11.0. The van der Waals surface area contributed by atoms with E-state index in [-0.39, 0.29) is 43.5 Å². The van der Waals surface area contributed by atoms with E-state index in [2.05, 4.69) is 22.9 Å². The highest BCUT2D eigenvalue weighted by Gasteiger charge is 2.32. The van der Waals surface area contributed by atoms with Gasteiger partial charge >= 0.3 is 5.97 Å². The maximum absolute atomic E-state index is 13.2. The van der Waals surface area contributed by atoms with Gasteiger partial charge in [0.15, 0.2) is 0 Å². The Morgan fingerprint density at radius 3 is 2.50 bits per heavy atom. The van der Waals surface area contributed by atoms with Crippen LogP contribution in [0, 0.1) is 5.92 Å². The first kappa shape index (κ1) is 30.6. The summed E-state index contributed by atoms with van der Waals surface area (Å²) in [6.07, 6.45) is 1.16. The molecule has 2 aromatic rings. The summed E-state index contributed by atoms with van der Waals surface area (Å²) in [5, 5.41) is 19.8. The monoisotopic (exact) mass is 553 g/mol. The fraction of sp³-hybridized carbons (Fsp3) is 0.483. The van der Waals surface area contributed by atoms with Crippen molar-refractivity contribution in [1.82, 2.24) is 20.9 Å². The number of carbonyl (C=O) groups excluding carboxylic acids is 4. The first-order valence-corrected chi connectivity index (χ1v) is 13.7. The van der Waals surface area contributed by atoms with Gasteiger partial charge in [0.25, 0.3) is 0 Å². The number of aliphatic carboxylic acids is 1. The van der Waals surface area contributed by atoms with Gasteiger partial charge in [0.05, 0.1) is 12.7 Å². The lowest BCUT2D eigenvalue weighted by Crippen LogP contribution is -2.56. The number of carbonyl (C=O) groups is 5. The van der Waals surface area contributed by atoms with Gasteiger partial charge in [-0.3, -0.25) is 24.1 Å². The quantitative estimate of drug-likeness (QED) is 0.209. The molecule has 1 fully saturated rings. The third kappa shape index (κ3) is 8.77. The molecule has 2 aromatic carbocycles. The molecule has 0 aromatic heterocycles.